The summed E-state index contributed by atoms with van der Waals surface area (Å²) in [7, 11) is 0. The van der Waals surface area contributed by atoms with Crippen LogP contribution in [-0.2, 0) is 4.74 Å². The Morgan fingerprint density at radius 2 is 2.16 bits per heavy atom. The van der Waals surface area contributed by atoms with Crippen molar-refractivity contribution in [2.45, 2.75) is 0 Å². The number of ether oxygens (including phenoxy) is 1. The Hall–Kier alpha value is -2.63. The molecule has 1 aliphatic heterocycles. The van der Waals surface area contributed by atoms with Crippen LogP contribution < -0.4 is 0 Å². The van der Waals surface area contributed by atoms with Crippen LogP contribution in [0.2, 0.25) is 0 Å². The van der Waals surface area contributed by atoms with E-state index in [0.717, 1.165) is 11.1 Å². The normalized spacial score (nSPS) is 14.0. The lowest BCUT2D eigenvalue weighted by Crippen LogP contribution is -2.00. The fourth-order valence-electron chi connectivity index (χ4n) is 1.90. The molecule has 0 spiro atoms. The number of aromatic nitrogens is 2. The molecule has 0 atom stereocenters. The Morgan fingerprint density at radius 1 is 1.32 bits per heavy atom. The lowest BCUT2D eigenvalue weighted by atomic mass is 10.1. The van der Waals surface area contributed by atoms with E-state index in [9.17, 15) is 4.79 Å². The van der Waals surface area contributed by atoms with Gasteiger partial charge in [0, 0.05) is 11.1 Å². The molecule has 1 aliphatic rings. The van der Waals surface area contributed by atoms with E-state index in [-0.39, 0.29) is 5.69 Å². The molecule has 1 aromatic heterocycles. The van der Waals surface area contributed by atoms with Crippen molar-refractivity contribution < 1.29 is 14.6 Å². The molecule has 1 aromatic carbocycles. The van der Waals surface area contributed by atoms with Crippen molar-refractivity contribution in [2.75, 3.05) is 13.2 Å². The van der Waals surface area contributed by atoms with Gasteiger partial charge in [-0.15, -0.1) is 0 Å². The smallest absolute Gasteiger partial charge is 0.353 e. The zero-order chi connectivity index (χ0) is 13.2. The maximum Gasteiger partial charge on any atom is 0.353 e. The van der Waals surface area contributed by atoms with Gasteiger partial charge in [0.2, 0.25) is 5.90 Å². The molecule has 6 heteroatoms. The van der Waals surface area contributed by atoms with Crippen LogP contribution in [0.1, 0.15) is 16.1 Å². The van der Waals surface area contributed by atoms with Gasteiger partial charge in [-0.2, -0.15) is 5.10 Å². The molecule has 0 bridgehead atoms. The quantitative estimate of drug-likeness (QED) is 0.873. The highest BCUT2D eigenvalue weighted by atomic mass is 16.5. The number of rotatable bonds is 3. The number of carboxylic acid groups (broad SMARTS) is 1. The molecular formula is C13H11N3O3. The summed E-state index contributed by atoms with van der Waals surface area (Å²) in [4.78, 5) is 15.1. The second-order valence-electron chi connectivity index (χ2n) is 4.09. The minimum Gasteiger partial charge on any atom is -0.477 e. The van der Waals surface area contributed by atoms with Crippen LogP contribution in [0.5, 0.6) is 0 Å². The number of aliphatic imine (C=N–C) groups is 1. The fraction of sp³-hybridized carbons (Fsp3) is 0.154. The molecule has 0 saturated heterocycles. The van der Waals surface area contributed by atoms with Crippen molar-refractivity contribution in [2.24, 2.45) is 4.99 Å². The number of carboxylic acids is 1. The molecule has 96 valence electrons. The van der Waals surface area contributed by atoms with Crippen LogP contribution in [0.4, 0.5) is 0 Å². The molecule has 0 saturated carbocycles. The number of aromatic carboxylic acids is 1. The number of nitrogens with zero attached hydrogens (tertiary/aromatic N) is 2. The first-order valence-corrected chi connectivity index (χ1v) is 5.81. The van der Waals surface area contributed by atoms with Gasteiger partial charge < -0.3 is 9.84 Å². The zero-order valence-corrected chi connectivity index (χ0v) is 9.96. The topological polar surface area (TPSA) is 87.6 Å². The molecule has 0 aliphatic carbocycles. The number of carbonyl (C=O) groups is 1. The SMILES string of the molecule is O=C(O)c1cc(-c2cccc(C3=NCCO3)c2)n[nH]1. The first-order chi connectivity index (χ1) is 9.24. The molecule has 2 aromatic rings. The Morgan fingerprint density at radius 3 is 2.84 bits per heavy atom. The third kappa shape index (κ3) is 2.20. The Labute approximate surface area is 108 Å². The van der Waals surface area contributed by atoms with Crippen molar-refractivity contribution in [1.82, 2.24) is 10.2 Å². The van der Waals surface area contributed by atoms with Crippen LogP contribution >= 0.6 is 0 Å². The summed E-state index contributed by atoms with van der Waals surface area (Å²) >= 11 is 0. The highest BCUT2D eigenvalue weighted by molar-refractivity contribution is 5.96. The number of hydrogen-bond acceptors (Lipinski definition) is 4. The van der Waals surface area contributed by atoms with E-state index < -0.39 is 5.97 Å². The molecule has 0 unspecified atom stereocenters. The molecular weight excluding hydrogens is 246 g/mol. The lowest BCUT2D eigenvalue weighted by Gasteiger charge is -2.03. The summed E-state index contributed by atoms with van der Waals surface area (Å²) in [5.41, 5.74) is 2.34. The summed E-state index contributed by atoms with van der Waals surface area (Å²) < 4.78 is 5.40. The summed E-state index contributed by atoms with van der Waals surface area (Å²) in [5, 5.41) is 15.3. The maximum atomic E-state index is 10.8. The van der Waals surface area contributed by atoms with E-state index in [0.29, 0.717) is 24.7 Å². The summed E-state index contributed by atoms with van der Waals surface area (Å²) in [6, 6.07) is 9.01. The fourth-order valence-corrected chi connectivity index (χ4v) is 1.90. The van der Waals surface area contributed by atoms with E-state index >= 15 is 0 Å². The average molecular weight is 257 g/mol. The predicted molar refractivity (Wildman–Crippen MR) is 68.3 cm³/mol. The van der Waals surface area contributed by atoms with Gasteiger partial charge in [-0.05, 0) is 18.2 Å². The van der Waals surface area contributed by atoms with Gasteiger partial charge >= 0.3 is 5.97 Å². The van der Waals surface area contributed by atoms with Crippen LogP contribution in [0, 0.1) is 0 Å². The third-order valence-corrected chi connectivity index (χ3v) is 2.80. The molecule has 19 heavy (non-hydrogen) atoms. The Kier molecular flexibility index (Phi) is 2.75. The zero-order valence-electron chi connectivity index (χ0n) is 9.96. The molecule has 2 heterocycles. The monoisotopic (exact) mass is 257 g/mol. The lowest BCUT2D eigenvalue weighted by molar-refractivity contribution is 0.0690. The van der Waals surface area contributed by atoms with Crippen LogP contribution in [0.25, 0.3) is 11.3 Å². The minimum atomic E-state index is -1.03. The van der Waals surface area contributed by atoms with E-state index in [1.54, 1.807) is 0 Å². The van der Waals surface area contributed by atoms with Gasteiger partial charge in [0.25, 0.3) is 0 Å². The van der Waals surface area contributed by atoms with Gasteiger partial charge in [-0.3, -0.25) is 5.10 Å². The van der Waals surface area contributed by atoms with E-state index in [4.69, 9.17) is 9.84 Å². The highest BCUT2D eigenvalue weighted by Gasteiger charge is 2.13. The molecule has 0 amide bonds. The summed E-state index contributed by atoms with van der Waals surface area (Å²) in [6.45, 7) is 1.27. The van der Waals surface area contributed by atoms with Crippen molar-refractivity contribution in [3.63, 3.8) is 0 Å². The molecule has 3 rings (SSSR count). The molecule has 6 nitrogen and oxygen atoms in total. The maximum absolute atomic E-state index is 10.8. The second-order valence-corrected chi connectivity index (χ2v) is 4.09. The van der Waals surface area contributed by atoms with Crippen molar-refractivity contribution in [3.05, 3.63) is 41.6 Å². The van der Waals surface area contributed by atoms with Crippen LogP contribution in [0.3, 0.4) is 0 Å². The standard InChI is InChI=1S/C13H11N3O3/c17-13(18)11-7-10(15-16-11)8-2-1-3-9(6-8)12-14-4-5-19-12/h1-3,6-7H,4-5H2,(H,15,16)(H,17,18). The first kappa shape index (κ1) is 11.5. The van der Waals surface area contributed by atoms with E-state index in [2.05, 4.69) is 15.2 Å². The van der Waals surface area contributed by atoms with Gasteiger partial charge in [-0.1, -0.05) is 12.1 Å². The van der Waals surface area contributed by atoms with Crippen LogP contribution in [-0.4, -0.2) is 40.3 Å². The number of nitrogens with one attached hydrogen (secondary N) is 1. The van der Waals surface area contributed by atoms with Crippen molar-refractivity contribution in [1.29, 1.82) is 0 Å². The van der Waals surface area contributed by atoms with E-state index in [1.165, 1.54) is 6.07 Å². The summed E-state index contributed by atoms with van der Waals surface area (Å²) in [5.74, 6) is -0.408. The van der Waals surface area contributed by atoms with Crippen molar-refractivity contribution in [3.8, 4) is 11.3 Å². The number of hydrogen-bond donors (Lipinski definition) is 2. The second kappa shape index (κ2) is 4.56. The van der Waals surface area contributed by atoms with Gasteiger partial charge in [0.15, 0.2) is 0 Å². The third-order valence-electron chi connectivity index (χ3n) is 2.80. The highest BCUT2D eigenvalue weighted by Crippen LogP contribution is 2.20. The average Bonchev–Trinajstić information content (AvgIpc) is 3.10. The number of aromatic amines is 1. The number of benzene rings is 1. The van der Waals surface area contributed by atoms with Crippen molar-refractivity contribution >= 4 is 11.9 Å². The molecule has 0 fully saturated rings. The Bertz CT molecular complexity index is 661. The predicted octanol–water partition coefficient (Wildman–Crippen LogP) is 1.55. The van der Waals surface area contributed by atoms with E-state index in [1.807, 2.05) is 24.3 Å². The number of H-pyrrole nitrogens is 1. The summed E-state index contributed by atoms with van der Waals surface area (Å²) in [6.07, 6.45) is 0. The Balaban J connectivity index is 1.96. The van der Waals surface area contributed by atoms with Gasteiger partial charge in [0.1, 0.15) is 12.3 Å². The van der Waals surface area contributed by atoms with Crippen LogP contribution in [0.15, 0.2) is 35.3 Å². The molecule has 2 N–H and O–H groups in total. The van der Waals surface area contributed by atoms with Gasteiger partial charge in [-0.25, -0.2) is 9.79 Å². The van der Waals surface area contributed by atoms with Gasteiger partial charge in [0.05, 0.1) is 12.2 Å². The first-order valence-electron chi connectivity index (χ1n) is 5.81. The minimum absolute atomic E-state index is 0.0647. The molecule has 0 radical (unpaired) electrons. The largest absolute Gasteiger partial charge is 0.477 e.